The summed E-state index contributed by atoms with van der Waals surface area (Å²) in [5.41, 5.74) is 0.534. The molecule has 0 bridgehead atoms. The van der Waals surface area contributed by atoms with Gasteiger partial charge in [0.25, 0.3) is 0 Å². The van der Waals surface area contributed by atoms with Gasteiger partial charge in [0.1, 0.15) is 0 Å². The Morgan fingerprint density at radius 3 is 2.47 bits per heavy atom. The van der Waals surface area contributed by atoms with Crippen LogP contribution in [0.2, 0.25) is 5.02 Å². The second kappa shape index (κ2) is 4.94. The Morgan fingerprint density at radius 2 is 1.94 bits per heavy atom. The van der Waals surface area contributed by atoms with Gasteiger partial charge in [-0.1, -0.05) is 17.7 Å². The van der Waals surface area contributed by atoms with Crippen LogP contribution >= 0.6 is 11.6 Å². The van der Waals surface area contributed by atoms with Crippen LogP contribution in [0.4, 0.5) is 0 Å². The smallest absolute Gasteiger partial charge is 0.243 e. The first-order valence-electron chi connectivity index (χ1n) is 5.45. The van der Waals surface area contributed by atoms with Crippen molar-refractivity contribution >= 4 is 21.6 Å². The summed E-state index contributed by atoms with van der Waals surface area (Å²) in [4.78, 5) is 0.196. The summed E-state index contributed by atoms with van der Waals surface area (Å²) in [7, 11) is -3.42. The fourth-order valence-electron chi connectivity index (χ4n) is 1.89. The third kappa shape index (κ3) is 2.47. The molecule has 4 nitrogen and oxygen atoms in total. The van der Waals surface area contributed by atoms with E-state index in [-0.39, 0.29) is 16.5 Å². The second-order valence-electron chi connectivity index (χ2n) is 4.02. The molecular weight excluding hydrogens is 262 g/mol. The maximum absolute atomic E-state index is 12.2. The van der Waals surface area contributed by atoms with Crippen molar-refractivity contribution in [1.82, 2.24) is 4.31 Å². The van der Waals surface area contributed by atoms with Crippen molar-refractivity contribution in [2.45, 2.75) is 24.3 Å². The van der Waals surface area contributed by atoms with E-state index in [0.717, 1.165) is 12.8 Å². The molecule has 0 saturated carbocycles. The van der Waals surface area contributed by atoms with Crippen molar-refractivity contribution in [2.75, 3.05) is 13.1 Å². The van der Waals surface area contributed by atoms with Gasteiger partial charge in [-0.3, -0.25) is 0 Å². The molecule has 0 atom stereocenters. The van der Waals surface area contributed by atoms with Crippen molar-refractivity contribution in [2.24, 2.45) is 0 Å². The van der Waals surface area contributed by atoms with E-state index in [1.54, 1.807) is 6.07 Å². The largest absolute Gasteiger partial charge is 0.392 e. The highest BCUT2D eigenvalue weighted by atomic mass is 35.5. The zero-order chi connectivity index (χ0) is 12.5. The zero-order valence-electron chi connectivity index (χ0n) is 9.26. The van der Waals surface area contributed by atoms with Gasteiger partial charge in [-0.05, 0) is 30.5 Å². The molecule has 1 aromatic carbocycles. The molecule has 1 heterocycles. The van der Waals surface area contributed by atoms with Gasteiger partial charge in [0.15, 0.2) is 0 Å². The number of rotatable bonds is 3. The van der Waals surface area contributed by atoms with Crippen molar-refractivity contribution < 1.29 is 13.5 Å². The van der Waals surface area contributed by atoms with E-state index in [9.17, 15) is 8.42 Å². The van der Waals surface area contributed by atoms with Crippen molar-refractivity contribution in [3.8, 4) is 0 Å². The number of hydrogen-bond donors (Lipinski definition) is 1. The van der Waals surface area contributed by atoms with Crippen LogP contribution in [0.1, 0.15) is 18.4 Å². The summed E-state index contributed by atoms with van der Waals surface area (Å²) in [5.74, 6) is 0. The van der Waals surface area contributed by atoms with Gasteiger partial charge >= 0.3 is 0 Å². The van der Waals surface area contributed by atoms with Crippen LogP contribution in [0.3, 0.4) is 0 Å². The van der Waals surface area contributed by atoms with E-state index in [2.05, 4.69) is 0 Å². The number of aliphatic hydroxyl groups excluding tert-OH is 1. The molecule has 1 N–H and O–H groups in total. The maximum atomic E-state index is 12.2. The fourth-order valence-corrected chi connectivity index (χ4v) is 3.74. The maximum Gasteiger partial charge on any atom is 0.243 e. The average molecular weight is 276 g/mol. The molecule has 1 aliphatic rings. The van der Waals surface area contributed by atoms with Crippen molar-refractivity contribution in [3.63, 3.8) is 0 Å². The molecule has 0 unspecified atom stereocenters. The Morgan fingerprint density at radius 1 is 1.29 bits per heavy atom. The van der Waals surface area contributed by atoms with Crippen LogP contribution in [0, 0.1) is 0 Å². The number of halogens is 1. The molecule has 0 aromatic heterocycles. The molecule has 0 spiro atoms. The van der Waals surface area contributed by atoms with Crippen LogP contribution in [-0.2, 0) is 16.6 Å². The third-order valence-electron chi connectivity index (χ3n) is 2.90. The van der Waals surface area contributed by atoms with Crippen LogP contribution in [0.5, 0.6) is 0 Å². The summed E-state index contributed by atoms with van der Waals surface area (Å²) < 4.78 is 25.9. The SMILES string of the molecule is O=S(=O)(c1ccc(CO)c(Cl)c1)N1CCCC1. The lowest BCUT2D eigenvalue weighted by Gasteiger charge is -2.16. The lowest BCUT2D eigenvalue weighted by Crippen LogP contribution is -2.27. The quantitative estimate of drug-likeness (QED) is 0.912. The molecule has 2 rings (SSSR count). The van der Waals surface area contributed by atoms with Gasteiger partial charge in [-0.2, -0.15) is 4.31 Å². The van der Waals surface area contributed by atoms with E-state index >= 15 is 0 Å². The number of aliphatic hydroxyl groups is 1. The molecule has 1 fully saturated rings. The first kappa shape index (κ1) is 12.8. The zero-order valence-corrected chi connectivity index (χ0v) is 10.8. The average Bonchev–Trinajstić information content (AvgIpc) is 2.83. The second-order valence-corrected chi connectivity index (χ2v) is 6.37. The van der Waals surface area contributed by atoms with E-state index in [0.29, 0.717) is 18.7 Å². The standard InChI is InChI=1S/C11H14ClNO3S/c12-11-7-10(4-3-9(11)8-14)17(15,16)13-5-1-2-6-13/h3-4,7,14H,1-2,5-6,8H2. The molecule has 94 valence electrons. The molecule has 0 amide bonds. The molecule has 6 heteroatoms. The van der Waals surface area contributed by atoms with E-state index in [1.807, 2.05) is 0 Å². The predicted molar refractivity (Wildman–Crippen MR) is 65.4 cm³/mol. The van der Waals surface area contributed by atoms with E-state index in [1.165, 1.54) is 16.4 Å². The minimum atomic E-state index is -3.42. The number of sulfonamides is 1. The summed E-state index contributed by atoms with van der Waals surface area (Å²) in [6.07, 6.45) is 1.81. The van der Waals surface area contributed by atoms with Gasteiger partial charge in [0, 0.05) is 18.1 Å². The van der Waals surface area contributed by atoms with Crippen LogP contribution < -0.4 is 0 Å². The monoisotopic (exact) mass is 275 g/mol. The summed E-state index contributed by atoms with van der Waals surface area (Å²) in [6, 6.07) is 4.44. The summed E-state index contributed by atoms with van der Waals surface area (Å²) in [5, 5.41) is 9.26. The Hall–Kier alpha value is -0.620. The minimum Gasteiger partial charge on any atom is -0.392 e. The minimum absolute atomic E-state index is 0.192. The first-order valence-corrected chi connectivity index (χ1v) is 7.27. The van der Waals surface area contributed by atoms with Gasteiger partial charge in [-0.15, -0.1) is 0 Å². The van der Waals surface area contributed by atoms with Crippen LogP contribution in [0.25, 0.3) is 0 Å². The fraction of sp³-hybridized carbons (Fsp3) is 0.455. The lowest BCUT2D eigenvalue weighted by atomic mass is 10.2. The molecule has 1 aliphatic heterocycles. The summed E-state index contributed by atoms with van der Waals surface area (Å²) in [6.45, 7) is 0.951. The molecule has 1 aromatic rings. The highest BCUT2D eigenvalue weighted by Crippen LogP contribution is 2.25. The highest BCUT2D eigenvalue weighted by molar-refractivity contribution is 7.89. The topological polar surface area (TPSA) is 57.6 Å². The third-order valence-corrected chi connectivity index (χ3v) is 5.14. The Bertz CT molecular complexity index is 509. The van der Waals surface area contributed by atoms with Crippen molar-refractivity contribution in [1.29, 1.82) is 0 Å². The van der Waals surface area contributed by atoms with E-state index < -0.39 is 10.0 Å². The number of nitrogens with zero attached hydrogens (tertiary/aromatic N) is 1. The summed E-state index contributed by atoms with van der Waals surface area (Å²) >= 11 is 5.90. The molecule has 0 radical (unpaired) electrons. The van der Waals surface area contributed by atoms with Gasteiger partial charge in [0.2, 0.25) is 10.0 Å². The Kier molecular flexibility index (Phi) is 3.73. The van der Waals surface area contributed by atoms with Gasteiger partial charge in [0.05, 0.1) is 11.5 Å². The van der Waals surface area contributed by atoms with Gasteiger partial charge in [-0.25, -0.2) is 8.42 Å². The van der Waals surface area contributed by atoms with Gasteiger partial charge < -0.3 is 5.11 Å². The Balaban J connectivity index is 2.36. The molecule has 1 saturated heterocycles. The predicted octanol–water partition coefficient (Wildman–Crippen LogP) is 1.62. The molecule has 17 heavy (non-hydrogen) atoms. The molecular formula is C11H14ClNO3S. The Labute approximate surface area is 106 Å². The number of benzene rings is 1. The highest BCUT2D eigenvalue weighted by Gasteiger charge is 2.27. The molecule has 0 aliphatic carbocycles. The number of hydrogen-bond acceptors (Lipinski definition) is 3. The van der Waals surface area contributed by atoms with Crippen molar-refractivity contribution in [3.05, 3.63) is 28.8 Å². The normalized spacial score (nSPS) is 17.5. The van der Waals surface area contributed by atoms with Crippen LogP contribution in [0.15, 0.2) is 23.1 Å². The first-order chi connectivity index (χ1) is 8.05. The lowest BCUT2D eigenvalue weighted by molar-refractivity contribution is 0.282. The van der Waals surface area contributed by atoms with E-state index in [4.69, 9.17) is 16.7 Å². The van der Waals surface area contributed by atoms with Crippen LogP contribution in [-0.4, -0.2) is 30.9 Å².